The van der Waals surface area contributed by atoms with Crippen LogP contribution in [0.1, 0.15) is 24.4 Å². The van der Waals surface area contributed by atoms with Crippen LogP contribution in [-0.4, -0.2) is 0 Å². The highest BCUT2D eigenvalue weighted by molar-refractivity contribution is 6.41. The first-order valence-corrected chi connectivity index (χ1v) is 8.22. The van der Waals surface area contributed by atoms with E-state index in [-0.39, 0.29) is 6.04 Å². The highest BCUT2D eigenvalue weighted by atomic mass is 35.5. The smallest absolute Gasteiger partial charge is 0.0724 e. The Labute approximate surface area is 144 Å². The molecule has 0 amide bonds. The minimum absolute atomic E-state index is 0.179. The summed E-state index contributed by atoms with van der Waals surface area (Å²) in [6.45, 7) is 0. The van der Waals surface area contributed by atoms with Crippen molar-refractivity contribution in [3.8, 4) is 0 Å². The monoisotopic (exact) mass is 359 g/mol. The summed E-state index contributed by atoms with van der Waals surface area (Å²) in [4.78, 5) is 0. The molecule has 0 spiro atoms. The highest BCUT2D eigenvalue weighted by Gasteiger charge is 2.33. The van der Waals surface area contributed by atoms with Gasteiger partial charge >= 0.3 is 0 Å². The Morgan fingerprint density at radius 3 is 1.95 bits per heavy atom. The number of nitrogens with one attached hydrogen (secondary N) is 1. The molecule has 1 nitrogen and oxygen atoms in total. The first kappa shape index (κ1) is 15.3. The summed E-state index contributed by atoms with van der Waals surface area (Å²) in [5.41, 5.74) is 1.92. The molecule has 0 radical (unpaired) electrons. The summed E-state index contributed by atoms with van der Waals surface area (Å²) in [7, 11) is 0. The summed E-state index contributed by atoms with van der Waals surface area (Å²) < 4.78 is 0. The van der Waals surface area contributed by atoms with Crippen molar-refractivity contribution >= 4 is 52.1 Å². The van der Waals surface area contributed by atoms with Crippen molar-refractivity contribution in [2.24, 2.45) is 5.92 Å². The number of hydrogen-bond acceptors (Lipinski definition) is 1. The average molecular weight is 361 g/mol. The van der Waals surface area contributed by atoms with E-state index in [2.05, 4.69) is 5.32 Å². The van der Waals surface area contributed by atoms with Crippen molar-refractivity contribution in [3.05, 3.63) is 62.1 Å². The lowest BCUT2D eigenvalue weighted by Gasteiger charge is -2.22. The third kappa shape index (κ3) is 3.60. The van der Waals surface area contributed by atoms with Gasteiger partial charge in [0.25, 0.3) is 0 Å². The standard InChI is InChI=1S/C16H13Cl4N/c17-11-5-3-10(4-6-11)15(9-1-2-9)21-16-13(19)7-12(18)8-14(16)20/h3-9,15,21H,1-2H2. The molecule has 0 heterocycles. The van der Waals surface area contributed by atoms with Crippen molar-refractivity contribution in [3.63, 3.8) is 0 Å². The second kappa shape index (κ2) is 6.26. The lowest BCUT2D eigenvalue weighted by molar-refractivity contribution is 0.679. The molecule has 0 saturated heterocycles. The molecule has 110 valence electrons. The number of benzene rings is 2. The van der Waals surface area contributed by atoms with Gasteiger partial charge in [-0.2, -0.15) is 0 Å². The van der Waals surface area contributed by atoms with E-state index >= 15 is 0 Å². The van der Waals surface area contributed by atoms with Gasteiger partial charge in [0.05, 0.1) is 21.8 Å². The summed E-state index contributed by atoms with van der Waals surface area (Å²) >= 11 is 24.4. The SMILES string of the molecule is Clc1ccc(C(Nc2c(Cl)cc(Cl)cc2Cl)C2CC2)cc1. The molecular weight excluding hydrogens is 348 g/mol. The molecular formula is C16H13Cl4N. The van der Waals surface area contributed by atoms with E-state index in [9.17, 15) is 0 Å². The average Bonchev–Trinajstić information content (AvgIpc) is 3.24. The Bertz CT molecular complexity index is 627. The van der Waals surface area contributed by atoms with E-state index in [1.54, 1.807) is 12.1 Å². The van der Waals surface area contributed by atoms with E-state index in [1.807, 2.05) is 24.3 Å². The Kier molecular flexibility index (Phi) is 4.56. The van der Waals surface area contributed by atoms with Crippen LogP contribution >= 0.6 is 46.4 Å². The van der Waals surface area contributed by atoms with Crippen LogP contribution in [0.3, 0.4) is 0 Å². The molecule has 5 heteroatoms. The van der Waals surface area contributed by atoms with Crippen LogP contribution in [0.25, 0.3) is 0 Å². The van der Waals surface area contributed by atoms with Gasteiger partial charge in [-0.15, -0.1) is 0 Å². The molecule has 0 aromatic heterocycles. The molecule has 1 atom stereocenters. The predicted molar refractivity (Wildman–Crippen MR) is 92.0 cm³/mol. The lowest BCUT2D eigenvalue weighted by atomic mass is 10.0. The van der Waals surface area contributed by atoms with Crippen LogP contribution in [0.15, 0.2) is 36.4 Å². The minimum Gasteiger partial charge on any atom is -0.376 e. The predicted octanol–water partition coefficient (Wildman–Crippen LogP) is 6.86. The van der Waals surface area contributed by atoms with E-state index in [0.29, 0.717) is 21.0 Å². The fourth-order valence-electron chi connectivity index (χ4n) is 2.41. The Morgan fingerprint density at radius 1 is 0.857 bits per heavy atom. The molecule has 1 aliphatic rings. The van der Waals surface area contributed by atoms with Gasteiger partial charge in [0.15, 0.2) is 0 Å². The van der Waals surface area contributed by atoms with Gasteiger partial charge in [0.2, 0.25) is 0 Å². The van der Waals surface area contributed by atoms with Crippen molar-refractivity contribution in [2.75, 3.05) is 5.32 Å². The largest absolute Gasteiger partial charge is 0.376 e. The molecule has 1 unspecified atom stereocenters. The normalized spacial score (nSPS) is 15.8. The van der Waals surface area contributed by atoms with Crippen molar-refractivity contribution in [1.82, 2.24) is 0 Å². The molecule has 0 bridgehead atoms. The molecule has 3 rings (SSSR count). The van der Waals surface area contributed by atoms with Crippen LogP contribution in [0.4, 0.5) is 5.69 Å². The Balaban J connectivity index is 1.91. The zero-order valence-corrected chi connectivity index (χ0v) is 14.1. The van der Waals surface area contributed by atoms with E-state index in [0.717, 1.165) is 10.7 Å². The van der Waals surface area contributed by atoms with Crippen molar-refractivity contribution < 1.29 is 0 Å². The summed E-state index contributed by atoms with van der Waals surface area (Å²) in [6.07, 6.45) is 2.40. The van der Waals surface area contributed by atoms with E-state index < -0.39 is 0 Å². The molecule has 2 aromatic rings. The minimum atomic E-state index is 0.179. The first-order valence-electron chi connectivity index (χ1n) is 6.71. The molecule has 1 saturated carbocycles. The molecule has 1 fully saturated rings. The summed E-state index contributed by atoms with van der Waals surface area (Å²) in [5.74, 6) is 0.592. The third-order valence-electron chi connectivity index (χ3n) is 3.63. The van der Waals surface area contributed by atoms with Crippen LogP contribution in [0.5, 0.6) is 0 Å². The molecule has 1 aliphatic carbocycles. The van der Waals surface area contributed by atoms with Gasteiger partial charge in [-0.1, -0.05) is 58.5 Å². The lowest BCUT2D eigenvalue weighted by Crippen LogP contribution is -2.13. The quantitative estimate of drug-likeness (QED) is 0.627. The molecule has 0 aliphatic heterocycles. The van der Waals surface area contributed by atoms with Crippen molar-refractivity contribution in [2.45, 2.75) is 18.9 Å². The second-order valence-electron chi connectivity index (χ2n) is 5.26. The molecule has 1 N–H and O–H groups in total. The topological polar surface area (TPSA) is 12.0 Å². The third-order valence-corrected chi connectivity index (χ3v) is 4.70. The second-order valence-corrected chi connectivity index (χ2v) is 6.94. The highest BCUT2D eigenvalue weighted by Crippen LogP contribution is 2.45. The maximum atomic E-state index is 6.26. The van der Waals surface area contributed by atoms with Gasteiger partial charge in [0, 0.05) is 10.0 Å². The first-order chi connectivity index (χ1) is 10.0. The van der Waals surface area contributed by atoms with E-state index in [1.165, 1.54) is 18.4 Å². The van der Waals surface area contributed by atoms with Crippen LogP contribution < -0.4 is 5.32 Å². The van der Waals surface area contributed by atoms with Gasteiger partial charge in [0.1, 0.15) is 0 Å². The molecule has 21 heavy (non-hydrogen) atoms. The van der Waals surface area contributed by atoms with Gasteiger partial charge in [-0.05, 0) is 48.6 Å². The fourth-order valence-corrected chi connectivity index (χ4v) is 3.46. The zero-order chi connectivity index (χ0) is 15.0. The summed E-state index contributed by atoms with van der Waals surface area (Å²) in [6, 6.07) is 11.5. The van der Waals surface area contributed by atoms with Crippen LogP contribution in [0.2, 0.25) is 20.1 Å². The zero-order valence-electron chi connectivity index (χ0n) is 11.0. The van der Waals surface area contributed by atoms with Crippen LogP contribution in [-0.2, 0) is 0 Å². The maximum absolute atomic E-state index is 6.26. The van der Waals surface area contributed by atoms with Crippen LogP contribution in [0, 0.1) is 5.92 Å². The maximum Gasteiger partial charge on any atom is 0.0724 e. The molecule has 2 aromatic carbocycles. The fraction of sp³-hybridized carbons (Fsp3) is 0.250. The number of halogens is 4. The van der Waals surface area contributed by atoms with Crippen molar-refractivity contribution in [1.29, 1.82) is 0 Å². The van der Waals surface area contributed by atoms with Gasteiger partial charge in [-0.3, -0.25) is 0 Å². The summed E-state index contributed by atoms with van der Waals surface area (Å²) in [5, 5.41) is 5.81. The van der Waals surface area contributed by atoms with E-state index in [4.69, 9.17) is 46.4 Å². The Hall–Kier alpha value is -0.600. The van der Waals surface area contributed by atoms with Gasteiger partial charge in [-0.25, -0.2) is 0 Å². The number of anilines is 1. The number of rotatable bonds is 4. The number of hydrogen-bond donors (Lipinski definition) is 1. The Morgan fingerprint density at radius 2 is 1.43 bits per heavy atom. The van der Waals surface area contributed by atoms with Gasteiger partial charge < -0.3 is 5.32 Å².